The third-order valence-corrected chi connectivity index (χ3v) is 0. The molecule has 0 aliphatic rings. The largest absolute Gasteiger partial charge is 0.400 e. The van der Waals surface area contributed by atoms with Gasteiger partial charge in [-0.1, -0.05) is 0 Å². The van der Waals surface area contributed by atoms with Crippen LogP contribution in [0.4, 0.5) is 0 Å². The van der Waals surface area contributed by atoms with E-state index in [0.717, 1.165) is 6.66 Å². The molecule has 0 aliphatic carbocycles. The first-order chi connectivity index (χ1) is 4.00. The summed E-state index contributed by atoms with van der Waals surface area (Å²) in [5.41, 5.74) is 0. The summed E-state index contributed by atoms with van der Waals surface area (Å²) in [6.07, 6.45) is 0. The van der Waals surface area contributed by atoms with Crippen molar-refractivity contribution in [3.63, 3.8) is 0 Å². The zero-order valence-corrected chi connectivity index (χ0v) is 7.92. The fourth-order valence-electron chi connectivity index (χ4n) is 0. The van der Waals surface area contributed by atoms with Gasteiger partial charge in [-0.3, -0.25) is 0 Å². The molecule has 0 fully saturated rings. The zero-order valence-electron chi connectivity index (χ0n) is 6.13. The second-order valence-electron chi connectivity index (χ2n) is 2.20. The lowest BCUT2D eigenvalue weighted by Gasteiger charge is -1.91. The Morgan fingerprint density at radius 1 is 0.700 bits per heavy atom. The molecular weight excluding hydrogens is 178 g/mol. The van der Waals surface area contributed by atoms with Crippen LogP contribution < -0.4 is 0 Å². The first-order valence-electron chi connectivity index (χ1n) is 2.34. The van der Waals surface area contributed by atoms with Gasteiger partial charge in [-0.2, -0.15) is 14.7 Å². The van der Waals surface area contributed by atoms with Gasteiger partial charge in [-0.15, -0.1) is 0 Å². The molecule has 0 aliphatic heterocycles. The molecule has 5 N–H and O–H groups in total. The molecule has 64 valence electrons. The zero-order chi connectivity index (χ0) is 9.00. The van der Waals surface area contributed by atoms with Crippen molar-refractivity contribution >= 4 is 15.7 Å². The van der Waals surface area contributed by atoms with Gasteiger partial charge in [0.05, 0.1) is 0 Å². The lowest BCUT2D eigenvalue weighted by Crippen LogP contribution is -1.78. The lowest BCUT2D eigenvalue weighted by molar-refractivity contribution is 0.340. The molecular formula is C3H14O5P2+2. The molecule has 7 heteroatoms. The van der Waals surface area contributed by atoms with Crippen LogP contribution >= 0.6 is 15.7 Å². The highest BCUT2D eigenvalue weighted by atomic mass is 31.2. The van der Waals surface area contributed by atoms with Crippen LogP contribution in [0.25, 0.3) is 0 Å². The molecule has 10 heavy (non-hydrogen) atoms. The van der Waals surface area contributed by atoms with E-state index in [1.807, 2.05) is 0 Å². The van der Waals surface area contributed by atoms with Crippen LogP contribution in [0.15, 0.2) is 0 Å². The van der Waals surface area contributed by atoms with Crippen molar-refractivity contribution in [2.75, 3.05) is 20.0 Å². The molecule has 0 spiro atoms. The van der Waals surface area contributed by atoms with E-state index in [2.05, 4.69) is 0 Å². The summed E-state index contributed by atoms with van der Waals surface area (Å²) < 4.78 is 0. The summed E-state index contributed by atoms with van der Waals surface area (Å²) in [5.74, 6) is 0. The van der Waals surface area contributed by atoms with E-state index >= 15 is 0 Å². The van der Waals surface area contributed by atoms with Crippen LogP contribution in [-0.4, -0.2) is 44.5 Å². The van der Waals surface area contributed by atoms with E-state index < -0.39 is 15.7 Å². The molecule has 0 saturated heterocycles. The van der Waals surface area contributed by atoms with Gasteiger partial charge in [0.2, 0.25) is 0 Å². The predicted octanol–water partition coefficient (Wildman–Crippen LogP) is -0.566. The van der Waals surface area contributed by atoms with Crippen molar-refractivity contribution in [2.24, 2.45) is 0 Å². The normalized spacial score (nSPS) is 12.0. The van der Waals surface area contributed by atoms with E-state index in [1.54, 1.807) is 0 Å². The van der Waals surface area contributed by atoms with Crippen molar-refractivity contribution in [1.29, 1.82) is 0 Å². The van der Waals surface area contributed by atoms with Gasteiger partial charge in [0.15, 0.2) is 0 Å². The Morgan fingerprint density at radius 3 is 0.700 bits per heavy atom. The molecule has 0 amide bonds. The smallest absolute Gasteiger partial charge is 0.221 e. The fraction of sp³-hybridized carbons (Fsp3) is 1.00. The van der Waals surface area contributed by atoms with Crippen molar-refractivity contribution in [3.8, 4) is 0 Å². The van der Waals surface area contributed by atoms with Gasteiger partial charge in [-0.05, 0) is 0 Å². The molecule has 0 bridgehead atoms. The van der Waals surface area contributed by atoms with Gasteiger partial charge in [-0.25, -0.2) is 9.79 Å². The maximum atomic E-state index is 8.19. The van der Waals surface area contributed by atoms with Crippen molar-refractivity contribution in [3.05, 3.63) is 0 Å². The fourth-order valence-corrected chi connectivity index (χ4v) is 0. The van der Waals surface area contributed by atoms with E-state index in [0.29, 0.717) is 0 Å². The van der Waals surface area contributed by atoms with Crippen LogP contribution in [0.3, 0.4) is 0 Å². The first-order valence-corrected chi connectivity index (χ1v) is 7.02. The minimum absolute atomic E-state index is 0.965. The number of rotatable bonds is 0. The van der Waals surface area contributed by atoms with E-state index in [4.69, 9.17) is 24.5 Å². The Balaban J connectivity index is 0. The summed E-state index contributed by atoms with van der Waals surface area (Å²) >= 11 is 0. The van der Waals surface area contributed by atoms with Gasteiger partial charge < -0.3 is 0 Å². The van der Waals surface area contributed by atoms with Crippen LogP contribution in [-0.2, 0) is 0 Å². The van der Waals surface area contributed by atoms with Crippen LogP contribution in [0.2, 0.25) is 0 Å². The molecule has 0 heterocycles. The standard InChI is InChI=1S/C2H8O2P.CH6O3P/c2*1-5(2,3)4/h3-4H,1-2H3;2-4H,1H3/q2*+1. The highest BCUT2D eigenvalue weighted by Gasteiger charge is 2.17. The average Bonchev–Trinajstić information content (AvgIpc) is 1.12. The molecule has 0 radical (unpaired) electrons. The SMILES string of the molecule is C[P+](C)(O)O.C[P+](O)(O)O. The summed E-state index contributed by atoms with van der Waals surface area (Å²) in [5, 5.41) is 0. The highest BCUT2D eigenvalue weighted by molar-refractivity contribution is 7.63. The summed E-state index contributed by atoms with van der Waals surface area (Å²) in [6.45, 7) is 3.78. The molecule has 0 rings (SSSR count). The van der Waals surface area contributed by atoms with Crippen LogP contribution in [0.1, 0.15) is 0 Å². The van der Waals surface area contributed by atoms with Crippen LogP contribution in [0.5, 0.6) is 0 Å². The topological polar surface area (TPSA) is 101 Å². The molecule has 5 nitrogen and oxygen atoms in total. The molecule has 0 saturated carbocycles. The Morgan fingerprint density at radius 2 is 0.700 bits per heavy atom. The van der Waals surface area contributed by atoms with Crippen LogP contribution in [0, 0.1) is 0 Å². The van der Waals surface area contributed by atoms with Gasteiger partial charge >= 0.3 is 7.94 Å². The highest BCUT2D eigenvalue weighted by Crippen LogP contribution is 2.39. The minimum atomic E-state index is -3.39. The van der Waals surface area contributed by atoms with Crippen molar-refractivity contribution in [1.82, 2.24) is 0 Å². The number of hydrogen-bond donors (Lipinski definition) is 5. The quantitative estimate of drug-likeness (QED) is 0.331. The monoisotopic (exact) mass is 192 g/mol. The second-order valence-corrected chi connectivity index (χ2v) is 6.61. The average molecular weight is 192 g/mol. The molecule has 0 aromatic rings. The lowest BCUT2D eigenvalue weighted by atomic mass is 11.9. The minimum Gasteiger partial charge on any atom is -0.221 e. The molecule has 0 aromatic carbocycles. The Labute approximate surface area is 61.0 Å². The van der Waals surface area contributed by atoms with Crippen molar-refractivity contribution < 1.29 is 24.5 Å². The maximum Gasteiger partial charge on any atom is 0.400 e. The Hall–Kier alpha value is 0.660. The summed E-state index contributed by atoms with van der Waals surface area (Å²) in [7, 11) is -5.78. The van der Waals surface area contributed by atoms with Gasteiger partial charge in [0, 0.05) is 0 Å². The Bertz CT molecular complexity index is 57.9. The Kier molecular flexibility index (Phi) is 6.00. The summed E-state index contributed by atoms with van der Waals surface area (Å²) in [4.78, 5) is 39.6. The van der Waals surface area contributed by atoms with Gasteiger partial charge in [0.25, 0.3) is 7.72 Å². The molecule has 0 aromatic heterocycles. The summed E-state index contributed by atoms with van der Waals surface area (Å²) in [6, 6.07) is 0. The molecule has 0 unspecified atom stereocenters. The predicted molar refractivity (Wildman–Crippen MR) is 42.7 cm³/mol. The first kappa shape index (κ1) is 13.3. The molecule has 0 atom stereocenters. The third-order valence-electron chi connectivity index (χ3n) is 0. The van der Waals surface area contributed by atoms with E-state index in [-0.39, 0.29) is 0 Å². The number of hydrogen-bond acceptors (Lipinski definition) is 5. The second kappa shape index (κ2) is 4.52. The van der Waals surface area contributed by atoms with E-state index in [9.17, 15) is 0 Å². The maximum absolute atomic E-state index is 8.19. The van der Waals surface area contributed by atoms with E-state index in [1.165, 1.54) is 13.3 Å². The van der Waals surface area contributed by atoms with Crippen molar-refractivity contribution in [2.45, 2.75) is 0 Å². The van der Waals surface area contributed by atoms with Gasteiger partial charge in [0.1, 0.15) is 20.0 Å². The third kappa shape index (κ3) is 1170.